The number of esters is 1. The molecular weight excluding hydrogens is 164 g/mol. The predicted octanol–water partition coefficient (Wildman–Crippen LogP) is 0.883. The molecule has 0 aliphatic carbocycles. The van der Waals surface area contributed by atoms with E-state index in [0.29, 0.717) is 0 Å². The van der Waals surface area contributed by atoms with E-state index < -0.39 is 10.9 Å². The Hall–Kier alpha value is -0.220. The summed E-state index contributed by atoms with van der Waals surface area (Å²) in [6, 6.07) is 0. The average molecular weight is 178 g/mol. The first-order valence-corrected chi connectivity index (χ1v) is 3.78. The highest BCUT2D eigenvalue weighted by atomic mass is 32.1. The molecule has 0 rings (SSSR count). The molecule has 0 aliphatic rings. The van der Waals surface area contributed by atoms with Crippen molar-refractivity contribution in [1.29, 1.82) is 0 Å². The van der Waals surface area contributed by atoms with Gasteiger partial charge < -0.3 is 9.47 Å². The van der Waals surface area contributed by atoms with Gasteiger partial charge in [0.1, 0.15) is 5.25 Å². The highest BCUT2D eigenvalue weighted by molar-refractivity contribution is 7.81. The van der Waals surface area contributed by atoms with Crippen molar-refractivity contribution in [3.05, 3.63) is 0 Å². The molecule has 0 heterocycles. The summed E-state index contributed by atoms with van der Waals surface area (Å²) in [5.74, 6) is -0.375. The smallest absolute Gasteiger partial charge is 0.321 e. The molecule has 0 N–H and O–H groups in total. The first-order valence-electron chi connectivity index (χ1n) is 3.26. The maximum atomic E-state index is 10.9. The van der Waals surface area contributed by atoms with Crippen LogP contribution < -0.4 is 0 Å². The van der Waals surface area contributed by atoms with Gasteiger partial charge in [-0.2, -0.15) is 12.6 Å². The molecule has 0 aromatic rings. The zero-order chi connectivity index (χ0) is 9.07. The molecule has 1 atom stereocenters. The summed E-state index contributed by atoms with van der Waals surface area (Å²) in [5.41, 5.74) is -0.587. The molecule has 0 saturated carbocycles. The Kier molecular flexibility index (Phi) is 3.89. The van der Waals surface area contributed by atoms with Gasteiger partial charge in [0.25, 0.3) is 0 Å². The molecule has 0 saturated heterocycles. The molecule has 0 amide bonds. The lowest BCUT2D eigenvalue weighted by Gasteiger charge is -2.27. The second-order valence-electron chi connectivity index (χ2n) is 2.73. The lowest BCUT2D eigenvalue weighted by molar-refractivity contribution is -0.144. The molecule has 66 valence electrons. The summed E-state index contributed by atoms with van der Waals surface area (Å²) in [6.07, 6.45) is 0. The fourth-order valence-corrected chi connectivity index (χ4v) is 0.718. The molecule has 4 heteroatoms. The van der Waals surface area contributed by atoms with Gasteiger partial charge in [0, 0.05) is 7.11 Å². The van der Waals surface area contributed by atoms with E-state index in [1.54, 1.807) is 13.8 Å². The molecule has 1 unspecified atom stereocenters. The Labute approximate surface area is 72.5 Å². The van der Waals surface area contributed by atoms with Gasteiger partial charge in [-0.25, -0.2) is 0 Å². The van der Waals surface area contributed by atoms with E-state index in [4.69, 9.17) is 4.74 Å². The van der Waals surface area contributed by atoms with Gasteiger partial charge in [-0.3, -0.25) is 4.79 Å². The number of thiol groups is 1. The minimum absolute atomic E-state index is 0.375. The van der Waals surface area contributed by atoms with Gasteiger partial charge in [0.05, 0.1) is 12.7 Å². The van der Waals surface area contributed by atoms with Gasteiger partial charge >= 0.3 is 5.97 Å². The Morgan fingerprint density at radius 2 is 1.91 bits per heavy atom. The van der Waals surface area contributed by atoms with Gasteiger partial charge in [-0.05, 0) is 13.8 Å². The Morgan fingerprint density at radius 3 is 2.18 bits per heavy atom. The third kappa shape index (κ3) is 2.71. The van der Waals surface area contributed by atoms with E-state index in [2.05, 4.69) is 17.4 Å². The van der Waals surface area contributed by atoms with Crippen LogP contribution in [-0.2, 0) is 14.3 Å². The van der Waals surface area contributed by atoms with Crippen molar-refractivity contribution in [2.24, 2.45) is 0 Å². The first kappa shape index (κ1) is 10.8. The van der Waals surface area contributed by atoms with E-state index in [1.165, 1.54) is 14.2 Å². The summed E-state index contributed by atoms with van der Waals surface area (Å²) >= 11 is 4.07. The van der Waals surface area contributed by atoms with Crippen molar-refractivity contribution in [1.82, 2.24) is 0 Å². The van der Waals surface area contributed by atoms with Crippen molar-refractivity contribution in [2.75, 3.05) is 14.2 Å². The van der Waals surface area contributed by atoms with Crippen LogP contribution in [0.4, 0.5) is 0 Å². The van der Waals surface area contributed by atoms with E-state index >= 15 is 0 Å². The Balaban J connectivity index is 4.22. The van der Waals surface area contributed by atoms with E-state index in [9.17, 15) is 4.79 Å². The molecule has 0 aromatic carbocycles. The molecule has 0 bridgehead atoms. The third-order valence-electron chi connectivity index (χ3n) is 1.61. The second kappa shape index (κ2) is 3.97. The van der Waals surface area contributed by atoms with Gasteiger partial charge in [0.2, 0.25) is 0 Å². The van der Waals surface area contributed by atoms with Gasteiger partial charge in [-0.1, -0.05) is 0 Å². The van der Waals surface area contributed by atoms with Crippen LogP contribution in [0, 0.1) is 0 Å². The minimum Gasteiger partial charge on any atom is -0.468 e. The topological polar surface area (TPSA) is 35.5 Å². The van der Waals surface area contributed by atoms with E-state index in [1.807, 2.05) is 0 Å². The standard InChI is InChI=1S/C7H14O3S/c1-7(2,10-4)5(11)6(8)9-3/h5,11H,1-4H3. The minimum atomic E-state index is -0.587. The zero-order valence-corrected chi connectivity index (χ0v) is 8.14. The molecule has 0 fully saturated rings. The molecule has 0 aliphatic heterocycles. The van der Waals surface area contributed by atoms with E-state index in [0.717, 1.165) is 0 Å². The summed E-state index contributed by atoms with van der Waals surface area (Å²) < 4.78 is 9.55. The van der Waals surface area contributed by atoms with Crippen LogP contribution in [0.3, 0.4) is 0 Å². The Bertz CT molecular complexity index is 145. The summed E-state index contributed by atoms with van der Waals surface area (Å²) in [7, 11) is 2.86. The largest absolute Gasteiger partial charge is 0.468 e. The number of carbonyl (C=O) groups excluding carboxylic acids is 1. The number of rotatable bonds is 3. The number of hydrogen-bond donors (Lipinski definition) is 1. The molecule has 0 spiro atoms. The number of ether oxygens (including phenoxy) is 2. The monoisotopic (exact) mass is 178 g/mol. The van der Waals surface area contributed by atoms with Gasteiger partial charge in [0.15, 0.2) is 0 Å². The second-order valence-corrected chi connectivity index (χ2v) is 3.25. The summed E-state index contributed by atoms with van der Waals surface area (Å²) in [5, 5.41) is -0.544. The van der Waals surface area contributed by atoms with Crippen molar-refractivity contribution in [3.8, 4) is 0 Å². The summed E-state index contributed by atoms with van der Waals surface area (Å²) in [4.78, 5) is 10.9. The van der Waals surface area contributed by atoms with Crippen LogP contribution in [0.15, 0.2) is 0 Å². The van der Waals surface area contributed by atoms with Crippen molar-refractivity contribution >= 4 is 18.6 Å². The van der Waals surface area contributed by atoms with E-state index in [-0.39, 0.29) is 5.97 Å². The third-order valence-corrected chi connectivity index (χ3v) is 2.44. The fraction of sp³-hybridized carbons (Fsp3) is 0.857. The zero-order valence-electron chi connectivity index (χ0n) is 7.25. The molecule has 0 aromatic heterocycles. The van der Waals surface area contributed by atoms with Crippen LogP contribution in [0.25, 0.3) is 0 Å². The average Bonchev–Trinajstić information content (AvgIpc) is 2.01. The van der Waals surface area contributed by atoms with Crippen LogP contribution in [0.5, 0.6) is 0 Å². The Morgan fingerprint density at radius 1 is 1.45 bits per heavy atom. The van der Waals surface area contributed by atoms with Crippen LogP contribution in [-0.4, -0.2) is 31.0 Å². The molecule has 11 heavy (non-hydrogen) atoms. The first-order chi connectivity index (χ1) is 4.95. The van der Waals surface area contributed by atoms with Crippen molar-refractivity contribution in [3.63, 3.8) is 0 Å². The van der Waals surface area contributed by atoms with Crippen LogP contribution in [0.2, 0.25) is 0 Å². The summed E-state index contributed by atoms with van der Waals surface area (Å²) in [6.45, 7) is 3.56. The maximum absolute atomic E-state index is 10.9. The highest BCUT2D eigenvalue weighted by Crippen LogP contribution is 2.19. The number of methoxy groups -OCH3 is 2. The van der Waals surface area contributed by atoms with Crippen LogP contribution in [0.1, 0.15) is 13.8 Å². The maximum Gasteiger partial charge on any atom is 0.321 e. The van der Waals surface area contributed by atoms with Crippen molar-refractivity contribution < 1.29 is 14.3 Å². The van der Waals surface area contributed by atoms with Gasteiger partial charge in [-0.15, -0.1) is 0 Å². The molecular formula is C7H14O3S. The van der Waals surface area contributed by atoms with Crippen LogP contribution >= 0.6 is 12.6 Å². The van der Waals surface area contributed by atoms with Crippen molar-refractivity contribution in [2.45, 2.75) is 24.7 Å². The number of carbonyl (C=O) groups is 1. The molecule has 3 nitrogen and oxygen atoms in total. The lowest BCUT2D eigenvalue weighted by atomic mass is 10.1. The fourth-order valence-electron chi connectivity index (χ4n) is 0.507. The molecule has 0 radical (unpaired) electrons. The highest BCUT2D eigenvalue weighted by Gasteiger charge is 2.32. The SMILES string of the molecule is COC(=O)C(S)C(C)(C)OC. The predicted molar refractivity (Wildman–Crippen MR) is 45.9 cm³/mol. The quantitative estimate of drug-likeness (QED) is 0.515. The normalized spacial score (nSPS) is 14.3. The lowest BCUT2D eigenvalue weighted by Crippen LogP contribution is -2.40. The number of hydrogen-bond acceptors (Lipinski definition) is 4.